The number of hydrogen-bond acceptors (Lipinski definition) is 5. The fourth-order valence-corrected chi connectivity index (χ4v) is 3.96. The third kappa shape index (κ3) is 5.49. The van der Waals surface area contributed by atoms with Crippen LogP contribution in [0.15, 0.2) is 15.7 Å². The lowest BCUT2D eigenvalue weighted by Crippen LogP contribution is -2.28. The van der Waals surface area contributed by atoms with Crippen molar-refractivity contribution in [1.29, 1.82) is 0 Å². The highest BCUT2D eigenvalue weighted by atomic mass is 32.2. The second-order valence-corrected chi connectivity index (χ2v) is 8.06. The van der Waals surface area contributed by atoms with E-state index in [2.05, 4.69) is 30.5 Å². The van der Waals surface area contributed by atoms with E-state index in [4.69, 9.17) is 5.73 Å². The van der Waals surface area contributed by atoms with E-state index in [1.54, 1.807) is 11.4 Å². The minimum absolute atomic E-state index is 0.345. The van der Waals surface area contributed by atoms with Gasteiger partial charge >= 0.3 is 0 Å². The highest BCUT2D eigenvalue weighted by Crippen LogP contribution is 2.19. The molecule has 0 saturated carbocycles. The van der Waals surface area contributed by atoms with Gasteiger partial charge in [-0.25, -0.2) is 13.1 Å². The zero-order valence-corrected chi connectivity index (χ0v) is 14.1. The first-order valence-electron chi connectivity index (χ1n) is 6.84. The van der Waals surface area contributed by atoms with E-state index in [-0.39, 0.29) is 0 Å². The lowest BCUT2D eigenvalue weighted by molar-refractivity contribution is 0.268. The molecule has 0 fully saturated rings. The average molecular weight is 319 g/mol. The van der Waals surface area contributed by atoms with Crippen LogP contribution >= 0.6 is 11.3 Å². The van der Waals surface area contributed by atoms with Crippen molar-refractivity contribution >= 4 is 21.4 Å². The van der Waals surface area contributed by atoms with Gasteiger partial charge in [-0.2, -0.15) is 0 Å². The Morgan fingerprint density at radius 2 is 2.10 bits per heavy atom. The highest BCUT2D eigenvalue weighted by molar-refractivity contribution is 7.91. The third-order valence-electron chi connectivity index (χ3n) is 3.24. The Morgan fingerprint density at radius 3 is 2.65 bits per heavy atom. The summed E-state index contributed by atoms with van der Waals surface area (Å²) in [7, 11) is -1.29. The van der Waals surface area contributed by atoms with Gasteiger partial charge in [-0.05, 0) is 57.3 Å². The molecule has 0 unspecified atom stereocenters. The Balaban J connectivity index is 2.34. The molecular formula is C13H25N3O2S2. The van der Waals surface area contributed by atoms with Gasteiger partial charge in [-0.3, -0.25) is 0 Å². The maximum atomic E-state index is 12.0. The normalized spacial score (nSPS) is 12.5. The number of unbranched alkanes of at least 4 members (excludes halogenated alkanes) is 1. The minimum atomic E-state index is -3.37. The number of thiophene rings is 1. The van der Waals surface area contributed by atoms with Gasteiger partial charge in [0.15, 0.2) is 0 Å². The molecule has 5 nitrogen and oxygen atoms in total. The SMILES string of the molecule is CC(C)N(C)CCCCNS(=O)(=O)c1cc(CN)cs1. The predicted molar refractivity (Wildman–Crippen MR) is 84.4 cm³/mol. The Hall–Kier alpha value is -0.470. The number of rotatable bonds is 9. The molecule has 3 N–H and O–H groups in total. The summed E-state index contributed by atoms with van der Waals surface area (Å²) in [5.41, 5.74) is 6.34. The molecule has 7 heteroatoms. The predicted octanol–water partition coefficient (Wildman–Crippen LogP) is 1.61. The van der Waals surface area contributed by atoms with Crippen molar-refractivity contribution in [3.05, 3.63) is 17.0 Å². The molecule has 0 aliphatic carbocycles. The Bertz CT molecular complexity index is 497. The number of nitrogens with one attached hydrogen (secondary N) is 1. The van der Waals surface area contributed by atoms with E-state index >= 15 is 0 Å². The van der Waals surface area contributed by atoms with Crippen molar-refractivity contribution in [2.75, 3.05) is 20.1 Å². The number of sulfonamides is 1. The molecule has 0 bridgehead atoms. The standard InChI is InChI=1S/C13H25N3O2S2/c1-11(2)16(3)7-5-4-6-15-20(17,18)13-8-12(9-14)10-19-13/h8,10-11,15H,4-7,9,14H2,1-3H3. The van der Waals surface area contributed by atoms with Crippen LogP contribution < -0.4 is 10.5 Å². The lowest BCUT2D eigenvalue weighted by Gasteiger charge is -2.20. The summed E-state index contributed by atoms with van der Waals surface area (Å²) in [5, 5.41) is 1.78. The maximum Gasteiger partial charge on any atom is 0.250 e. The van der Waals surface area contributed by atoms with E-state index in [9.17, 15) is 8.42 Å². The van der Waals surface area contributed by atoms with Crippen LogP contribution in [0.3, 0.4) is 0 Å². The largest absolute Gasteiger partial charge is 0.326 e. The molecule has 0 amide bonds. The average Bonchev–Trinajstić information content (AvgIpc) is 2.87. The third-order valence-corrected chi connectivity index (χ3v) is 6.19. The van der Waals surface area contributed by atoms with Gasteiger partial charge in [0.25, 0.3) is 0 Å². The number of nitrogens with two attached hydrogens (primary N) is 1. The van der Waals surface area contributed by atoms with Crippen LogP contribution in [0.25, 0.3) is 0 Å². The Morgan fingerprint density at radius 1 is 1.40 bits per heavy atom. The van der Waals surface area contributed by atoms with E-state index in [1.807, 2.05) is 0 Å². The van der Waals surface area contributed by atoms with Crippen LogP contribution in [0, 0.1) is 0 Å². The molecule has 1 heterocycles. The quantitative estimate of drug-likeness (QED) is 0.678. The van der Waals surface area contributed by atoms with Gasteiger partial charge in [0.1, 0.15) is 4.21 Å². The van der Waals surface area contributed by atoms with Crippen molar-refractivity contribution in [3.63, 3.8) is 0 Å². The van der Waals surface area contributed by atoms with E-state index < -0.39 is 10.0 Å². The van der Waals surface area contributed by atoms with E-state index in [0.29, 0.717) is 23.3 Å². The maximum absolute atomic E-state index is 12.0. The summed E-state index contributed by atoms with van der Waals surface area (Å²) in [5.74, 6) is 0. The smallest absolute Gasteiger partial charge is 0.250 e. The monoisotopic (exact) mass is 319 g/mol. The van der Waals surface area contributed by atoms with Gasteiger partial charge in [0, 0.05) is 19.1 Å². The summed E-state index contributed by atoms with van der Waals surface area (Å²) in [4.78, 5) is 2.25. The summed E-state index contributed by atoms with van der Waals surface area (Å²) >= 11 is 1.21. The van der Waals surface area contributed by atoms with Crippen molar-refractivity contribution in [2.24, 2.45) is 5.73 Å². The van der Waals surface area contributed by atoms with Crippen molar-refractivity contribution in [3.8, 4) is 0 Å². The fourth-order valence-electron chi connectivity index (χ4n) is 1.62. The molecule has 0 saturated heterocycles. The summed E-state index contributed by atoms with van der Waals surface area (Å²) < 4.78 is 27.0. The van der Waals surface area contributed by atoms with Gasteiger partial charge in [-0.1, -0.05) is 0 Å². The number of nitrogens with zero attached hydrogens (tertiary/aromatic N) is 1. The molecule has 0 aliphatic heterocycles. The molecule has 0 atom stereocenters. The lowest BCUT2D eigenvalue weighted by atomic mass is 10.2. The molecule has 1 aromatic rings. The molecule has 20 heavy (non-hydrogen) atoms. The molecule has 1 aromatic heterocycles. The first kappa shape index (κ1) is 17.6. The van der Waals surface area contributed by atoms with Crippen LogP contribution in [-0.2, 0) is 16.6 Å². The van der Waals surface area contributed by atoms with E-state index in [0.717, 1.165) is 24.9 Å². The van der Waals surface area contributed by atoms with Crippen molar-refractivity contribution in [1.82, 2.24) is 9.62 Å². The number of hydrogen-bond donors (Lipinski definition) is 2. The molecular weight excluding hydrogens is 294 g/mol. The van der Waals surface area contributed by atoms with Crippen LogP contribution in [0.5, 0.6) is 0 Å². The first-order valence-corrected chi connectivity index (χ1v) is 9.20. The van der Waals surface area contributed by atoms with Gasteiger partial charge in [0.2, 0.25) is 10.0 Å². The molecule has 116 valence electrons. The molecule has 0 radical (unpaired) electrons. The van der Waals surface area contributed by atoms with Crippen molar-refractivity contribution < 1.29 is 8.42 Å². The summed E-state index contributed by atoms with van der Waals surface area (Å²) in [6, 6.07) is 2.16. The first-order chi connectivity index (χ1) is 9.36. The van der Waals surface area contributed by atoms with Crippen LogP contribution in [0.4, 0.5) is 0 Å². The Labute approximate surface area is 126 Å². The van der Waals surface area contributed by atoms with Crippen molar-refractivity contribution in [2.45, 2.75) is 43.5 Å². The van der Waals surface area contributed by atoms with Crippen LogP contribution in [0.2, 0.25) is 0 Å². The second kappa shape index (κ2) is 8.09. The summed E-state index contributed by atoms with van der Waals surface area (Å²) in [6.07, 6.45) is 1.82. The molecule has 0 aliphatic rings. The second-order valence-electron chi connectivity index (χ2n) is 5.16. The van der Waals surface area contributed by atoms with E-state index in [1.165, 1.54) is 11.3 Å². The van der Waals surface area contributed by atoms with Gasteiger partial charge < -0.3 is 10.6 Å². The zero-order valence-electron chi connectivity index (χ0n) is 12.4. The highest BCUT2D eigenvalue weighted by Gasteiger charge is 2.15. The molecule has 1 rings (SSSR count). The van der Waals surface area contributed by atoms with Gasteiger partial charge in [-0.15, -0.1) is 11.3 Å². The van der Waals surface area contributed by atoms with Gasteiger partial charge in [0.05, 0.1) is 0 Å². The summed E-state index contributed by atoms with van der Waals surface area (Å²) in [6.45, 7) is 6.12. The van der Waals surface area contributed by atoms with Crippen LogP contribution in [0.1, 0.15) is 32.3 Å². The fraction of sp³-hybridized carbons (Fsp3) is 0.692. The molecule has 0 spiro atoms. The molecule has 0 aromatic carbocycles. The Kier molecular flexibility index (Phi) is 7.11. The topological polar surface area (TPSA) is 75.4 Å². The minimum Gasteiger partial charge on any atom is -0.326 e. The van der Waals surface area contributed by atoms with Crippen LogP contribution in [-0.4, -0.2) is 39.5 Å². The zero-order chi connectivity index (χ0) is 15.2.